The summed E-state index contributed by atoms with van der Waals surface area (Å²) in [4.78, 5) is 2.33. The van der Waals surface area contributed by atoms with Gasteiger partial charge < -0.3 is 4.90 Å². The average Bonchev–Trinajstić information content (AvgIpc) is 3.10. The quantitative estimate of drug-likeness (QED) is 0.154. The van der Waals surface area contributed by atoms with Crippen molar-refractivity contribution in [1.29, 1.82) is 0 Å². The fourth-order valence-electron chi connectivity index (χ4n) is 5.20. The Morgan fingerprint density at radius 1 is 0.311 bits per heavy atom. The van der Waals surface area contributed by atoms with E-state index in [1.165, 1.54) is 38.9 Å². The SMILES string of the molecule is Cc1ccc(N(c2ccc(C=Cc3ccccc3)cc2)c2ccc(C=Cc3ccc(C=Cc4ccccc4)cc3)cc2)cc1C. The predicted octanol–water partition coefficient (Wildman–Crippen LogP) is 12.3. The third-order valence-corrected chi connectivity index (χ3v) is 7.99. The molecule has 6 aromatic rings. The highest BCUT2D eigenvalue weighted by Gasteiger charge is 2.13. The topological polar surface area (TPSA) is 3.24 Å². The van der Waals surface area contributed by atoms with Gasteiger partial charge in [0.25, 0.3) is 0 Å². The van der Waals surface area contributed by atoms with Crippen molar-refractivity contribution in [2.75, 3.05) is 4.90 Å². The van der Waals surface area contributed by atoms with Crippen LogP contribution >= 0.6 is 0 Å². The van der Waals surface area contributed by atoms with Crippen molar-refractivity contribution in [3.8, 4) is 0 Å². The van der Waals surface area contributed by atoms with Gasteiger partial charge in [-0.15, -0.1) is 0 Å². The van der Waals surface area contributed by atoms with Crippen molar-refractivity contribution >= 4 is 53.5 Å². The lowest BCUT2D eigenvalue weighted by molar-refractivity contribution is 1.25. The third kappa shape index (κ3) is 7.84. The van der Waals surface area contributed by atoms with Crippen LogP contribution in [0.15, 0.2) is 152 Å². The first-order chi connectivity index (χ1) is 22.1. The second-order valence-electron chi connectivity index (χ2n) is 11.3. The Kier molecular flexibility index (Phi) is 9.29. The molecule has 218 valence electrons. The molecule has 0 aromatic heterocycles. The summed E-state index contributed by atoms with van der Waals surface area (Å²) in [6.07, 6.45) is 13.0. The predicted molar refractivity (Wildman–Crippen MR) is 197 cm³/mol. The van der Waals surface area contributed by atoms with Gasteiger partial charge in [0.2, 0.25) is 0 Å². The summed E-state index contributed by atoms with van der Waals surface area (Å²) in [7, 11) is 0. The van der Waals surface area contributed by atoms with Gasteiger partial charge in [-0.25, -0.2) is 0 Å². The molecule has 0 spiro atoms. The van der Waals surface area contributed by atoms with Crippen LogP contribution in [0.1, 0.15) is 44.5 Å². The molecule has 0 heterocycles. The van der Waals surface area contributed by atoms with E-state index in [4.69, 9.17) is 0 Å². The average molecular weight is 580 g/mol. The van der Waals surface area contributed by atoms with Crippen LogP contribution in [0, 0.1) is 13.8 Å². The molecule has 1 heteroatoms. The van der Waals surface area contributed by atoms with E-state index in [2.05, 4.69) is 195 Å². The van der Waals surface area contributed by atoms with Crippen molar-refractivity contribution in [3.63, 3.8) is 0 Å². The van der Waals surface area contributed by atoms with E-state index in [1.807, 2.05) is 12.1 Å². The highest BCUT2D eigenvalue weighted by Crippen LogP contribution is 2.36. The standard InChI is InChI=1S/C44H37N/c1-34-13-28-44(33-35(34)2)45(42-29-24-40(25-30-42)17-15-37-11-7-4-8-12-37)43-31-26-41(27-32-43)23-22-39-20-18-38(19-21-39)16-14-36-9-5-3-6-10-36/h3-33H,1-2H3. The molecule has 0 saturated carbocycles. The first kappa shape index (κ1) is 29.4. The molecule has 0 unspecified atom stereocenters. The van der Waals surface area contributed by atoms with Gasteiger partial charge in [-0.05, 0) is 94.8 Å². The molecule has 1 nitrogen and oxygen atoms in total. The second kappa shape index (κ2) is 14.2. The summed E-state index contributed by atoms with van der Waals surface area (Å²) >= 11 is 0. The number of benzene rings is 6. The molecule has 0 aliphatic carbocycles. The van der Waals surface area contributed by atoms with Crippen LogP contribution in [0.25, 0.3) is 36.5 Å². The highest BCUT2D eigenvalue weighted by molar-refractivity contribution is 5.80. The van der Waals surface area contributed by atoms with Gasteiger partial charge in [-0.3, -0.25) is 0 Å². The number of nitrogens with zero attached hydrogens (tertiary/aromatic N) is 1. The zero-order valence-corrected chi connectivity index (χ0v) is 25.8. The number of anilines is 3. The number of hydrogen-bond donors (Lipinski definition) is 0. The van der Waals surface area contributed by atoms with Gasteiger partial charge >= 0.3 is 0 Å². The van der Waals surface area contributed by atoms with E-state index in [0.29, 0.717) is 0 Å². The molecule has 0 atom stereocenters. The molecular formula is C44H37N. The molecule has 45 heavy (non-hydrogen) atoms. The molecular weight excluding hydrogens is 542 g/mol. The molecule has 6 aromatic carbocycles. The fourth-order valence-corrected chi connectivity index (χ4v) is 5.20. The Bertz CT molecular complexity index is 1910. The number of rotatable bonds is 9. The maximum Gasteiger partial charge on any atom is 0.0464 e. The van der Waals surface area contributed by atoms with E-state index in [0.717, 1.165) is 22.6 Å². The monoisotopic (exact) mass is 579 g/mol. The number of aryl methyl sites for hydroxylation is 2. The zero-order chi connectivity index (χ0) is 30.8. The van der Waals surface area contributed by atoms with Crippen LogP contribution in [-0.2, 0) is 0 Å². The first-order valence-electron chi connectivity index (χ1n) is 15.4. The highest BCUT2D eigenvalue weighted by atomic mass is 15.1. The van der Waals surface area contributed by atoms with Crippen LogP contribution in [0.3, 0.4) is 0 Å². The molecule has 0 fully saturated rings. The van der Waals surface area contributed by atoms with E-state index in [-0.39, 0.29) is 0 Å². The molecule has 0 radical (unpaired) electrons. The summed E-state index contributed by atoms with van der Waals surface area (Å²) in [5, 5.41) is 0. The fraction of sp³-hybridized carbons (Fsp3) is 0.0455. The summed E-state index contributed by atoms with van der Waals surface area (Å²) < 4.78 is 0. The van der Waals surface area contributed by atoms with Gasteiger partial charge in [0.05, 0.1) is 0 Å². The zero-order valence-electron chi connectivity index (χ0n) is 25.8. The van der Waals surface area contributed by atoms with Crippen molar-refractivity contribution in [3.05, 3.63) is 196 Å². The second-order valence-corrected chi connectivity index (χ2v) is 11.3. The lowest BCUT2D eigenvalue weighted by Crippen LogP contribution is -2.10. The molecule has 0 aliphatic heterocycles. The Balaban J connectivity index is 1.20. The van der Waals surface area contributed by atoms with Gasteiger partial charge in [0.1, 0.15) is 0 Å². The van der Waals surface area contributed by atoms with Crippen molar-refractivity contribution in [2.45, 2.75) is 13.8 Å². The summed E-state index contributed by atoms with van der Waals surface area (Å²) in [5.41, 5.74) is 13.1. The van der Waals surface area contributed by atoms with E-state index >= 15 is 0 Å². The van der Waals surface area contributed by atoms with Gasteiger partial charge in [-0.1, -0.05) is 152 Å². The molecule has 0 aliphatic rings. The summed E-state index contributed by atoms with van der Waals surface area (Å²) in [5.74, 6) is 0. The minimum Gasteiger partial charge on any atom is -0.310 e. The largest absolute Gasteiger partial charge is 0.310 e. The first-order valence-corrected chi connectivity index (χ1v) is 15.4. The van der Waals surface area contributed by atoms with Crippen LogP contribution in [0.5, 0.6) is 0 Å². The summed E-state index contributed by atoms with van der Waals surface area (Å²) in [6, 6.07) is 53.7. The van der Waals surface area contributed by atoms with E-state index in [1.54, 1.807) is 0 Å². The van der Waals surface area contributed by atoms with Gasteiger partial charge in [-0.2, -0.15) is 0 Å². The summed E-state index contributed by atoms with van der Waals surface area (Å²) in [6.45, 7) is 4.34. The third-order valence-electron chi connectivity index (χ3n) is 7.99. The van der Waals surface area contributed by atoms with Crippen LogP contribution < -0.4 is 4.90 Å². The van der Waals surface area contributed by atoms with E-state index in [9.17, 15) is 0 Å². The van der Waals surface area contributed by atoms with Crippen LogP contribution in [0.4, 0.5) is 17.1 Å². The maximum absolute atomic E-state index is 2.33. The lowest BCUT2D eigenvalue weighted by atomic mass is 10.1. The minimum absolute atomic E-state index is 1.12. The Hall–Kier alpha value is -5.66. The molecule has 0 bridgehead atoms. The Morgan fingerprint density at radius 2 is 0.622 bits per heavy atom. The maximum atomic E-state index is 2.33. The Labute approximate surface area is 267 Å². The van der Waals surface area contributed by atoms with E-state index < -0.39 is 0 Å². The Morgan fingerprint density at radius 3 is 0.978 bits per heavy atom. The minimum atomic E-state index is 1.12. The van der Waals surface area contributed by atoms with Gasteiger partial charge in [0.15, 0.2) is 0 Å². The van der Waals surface area contributed by atoms with Crippen molar-refractivity contribution in [1.82, 2.24) is 0 Å². The molecule has 0 amide bonds. The molecule has 0 N–H and O–H groups in total. The molecule has 6 rings (SSSR count). The van der Waals surface area contributed by atoms with Crippen LogP contribution in [0.2, 0.25) is 0 Å². The van der Waals surface area contributed by atoms with Crippen LogP contribution in [-0.4, -0.2) is 0 Å². The normalized spacial score (nSPS) is 11.5. The smallest absolute Gasteiger partial charge is 0.0464 e. The van der Waals surface area contributed by atoms with Crippen molar-refractivity contribution < 1.29 is 0 Å². The van der Waals surface area contributed by atoms with Crippen molar-refractivity contribution in [2.24, 2.45) is 0 Å². The number of hydrogen-bond acceptors (Lipinski definition) is 1. The van der Waals surface area contributed by atoms with Gasteiger partial charge in [0, 0.05) is 17.1 Å². The molecule has 0 saturated heterocycles. The lowest BCUT2D eigenvalue weighted by Gasteiger charge is -2.26.